The first-order valence-corrected chi connectivity index (χ1v) is 11.1. The molecule has 0 heterocycles. The van der Waals surface area contributed by atoms with Gasteiger partial charge in [-0.3, -0.25) is 10.1 Å². The molecule has 0 bridgehead atoms. The van der Waals surface area contributed by atoms with Crippen molar-refractivity contribution in [2.75, 3.05) is 0 Å². The molecule has 4 rings (SSSR count). The number of benzene rings is 4. The van der Waals surface area contributed by atoms with E-state index in [2.05, 4.69) is 0 Å². The maximum absolute atomic E-state index is 12.9. The smallest absolute Gasteiger partial charge is 0.347 e. The molecule has 0 unspecified atom stereocenters. The third kappa shape index (κ3) is 4.68. The lowest BCUT2D eigenvalue weighted by atomic mass is 10.1. The first-order valence-electron chi connectivity index (χ1n) is 9.74. The molecule has 33 heavy (non-hydrogen) atoms. The Hall–Kier alpha value is -4.24. The number of hydrogen-bond acceptors (Lipinski definition) is 7. The summed E-state index contributed by atoms with van der Waals surface area (Å²) < 4.78 is 36.4. The number of nitro benzene ring substituents is 1. The minimum Gasteiger partial charge on any atom is -0.423 e. The summed E-state index contributed by atoms with van der Waals surface area (Å²) in [5.74, 6) is -0.785. The van der Waals surface area contributed by atoms with Crippen LogP contribution in [0.1, 0.15) is 15.9 Å². The van der Waals surface area contributed by atoms with E-state index in [9.17, 15) is 23.3 Å². The van der Waals surface area contributed by atoms with Crippen LogP contribution in [0.2, 0.25) is 0 Å². The average molecular weight is 463 g/mol. The number of non-ortho nitro benzene ring substituents is 1. The van der Waals surface area contributed by atoms with Crippen LogP contribution in [0.4, 0.5) is 5.69 Å². The largest absolute Gasteiger partial charge is 0.423 e. The molecule has 0 atom stereocenters. The molecule has 4 aromatic rings. The van der Waals surface area contributed by atoms with E-state index in [4.69, 9.17) is 8.92 Å². The number of nitro groups is 1. The molecule has 0 spiro atoms. The summed E-state index contributed by atoms with van der Waals surface area (Å²) >= 11 is 0. The van der Waals surface area contributed by atoms with Crippen molar-refractivity contribution in [1.82, 2.24) is 0 Å². The second-order valence-corrected chi connectivity index (χ2v) is 8.65. The monoisotopic (exact) mass is 463 g/mol. The van der Waals surface area contributed by atoms with Gasteiger partial charge in [0.2, 0.25) is 0 Å². The number of hydrogen-bond donors (Lipinski definition) is 0. The van der Waals surface area contributed by atoms with Gasteiger partial charge in [0.05, 0.1) is 4.92 Å². The van der Waals surface area contributed by atoms with Gasteiger partial charge in [-0.1, -0.05) is 48.5 Å². The van der Waals surface area contributed by atoms with Crippen LogP contribution in [0.25, 0.3) is 10.8 Å². The summed E-state index contributed by atoms with van der Waals surface area (Å²) in [7, 11) is -4.47. The minimum absolute atomic E-state index is 0.114. The molecule has 0 aliphatic carbocycles. The topological polar surface area (TPSA) is 113 Å². The fourth-order valence-electron chi connectivity index (χ4n) is 3.24. The van der Waals surface area contributed by atoms with Crippen molar-refractivity contribution in [3.63, 3.8) is 0 Å². The van der Waals surface area contributed by atoms with E-state index in [0.29, 0.717) is 0 Å². The predicted octanol–water partition coefficient (Wildman–Crippen LogP) is 5.04. The summed E-state index contributed by atoms with van der Waals surface area (Å²) in [6.45, 7) is 1.49. The van der Waals surface area contributed by atoms with Gasteiger partial charge in [-0.2, -0.15) is 8.42 Å². The Balaban J connectivity index is 1.64. The molecule has 0 radical (unpaired) electrons. The lowest BCUT2D eigenvalue weighted by molar-refractivity contribution is -0.385. The third-order valence-electron chi connectivity index (χ3n) is 4.89. The van der Waals surface area contributed by atoms with E-state index in [1.807, 2.05) is 24.3 Å². The van der Waals surface area contributed by atoms with Gasteiger partial charge in [0.15, 0.2) is 5.75 Å². The molecule has 9 heteroatoms. The summed E-state index contributed by atoms with van der Waals surface area (Å²) in [4.78, 5) is 22.8. The van der Waals surface area contributed by atoms with Gasteiger partial charge < -0.3 is 8.92 Å². The van der Waals surface area contributed by atoms with Gasteiger partial charge >= 0.3 is 16.1 Å². The van der Waals surface area contributed by atoms with Gasteiger partial charge in [0.25, 0.3) is 5.69 Å². The Morgan fingerprint density at radius 3 is 2.33 bits per heavy atom. The van der Waals surface area contributed by atoms with E-state index < -0.39 is 26.7 Å². The zero-order chi connectivity index (χ0) is 23.6. The molecule has 0 amide bonds. The number of carbonyl (C=O) groups excluding carboxylic acids is 1. The number of carbonyl (C=O) groups is 1. The number of aryl methyl sites for hydroxylation is 1. The van der Waals surface area contributed by atoms with Crippen LogP contribution in [-0.4, -0.2) is 19.3 Å². The van der Waals surface area contributed by atoms with E-state index in [-0.39, 0.29) is 27.5 Å². The Morgan fingerprint density at radius 1 is 0.879 bits per heavy atom. The van der Waals surface area contributed by atoms with E-state index in [1.165, 1.54) is 43.3 Å². The van der Waals surface area contributed by atoms with Crippen LogP contribution in [0.15, 0.2) is 89.8 Å². The Kier molecular flexibility index (Phi) is 5.80. The van der Waals surface area contributed by atoms with Gasteiger partial charge in [-0.15, -0.1) is 0 Å². The molecule has 8 nitrogen and oxygen atoms in total. The highest BCUT2D eigenvalue weighted by Gasteiger charge is 2.25. The van der Waals surface area contributed by atoms with Gasteiger partial charge in [-0.05, 0) is 47.5 Å². The third-order valence-corrected chi connectivity index (χ3v) is 6.27. The number of rotatable bonds is 6. The highest BCUT2D eigenvalue weighted by molar-refractivity contribution is 7.87. The Labute approximate surface area is 189 Å². The highest BCUT2D eigenvalue weighted by atomic mass is 32.2. The fraction of sp³-hybridized carbons (Fsp3) is 0.0417. The molecule has 0 saturated carbocycles. The normalized spacial score (nSPS) is 11.2. The number of para-hydroxylation sites is 1. The maximum atomic E-state index is 12.9. The number of esters is 1. The van der Waals surface area contributed by atoms with Crippen LogP contribution >= 0.6 is 0 Å². The maximum Gasteiger partial charge on any atom is 0.347 e. The van der Waals surface area contributed by atoms with Crippen molar-refractivity contribution >= 4 is 32.5 Å². The van der Waals surface area contributed by atoms with E-state index in [0.717, 1.165) is 16.8 Å². The van der Waals surface area contributed by atoms with Gasteiger partial charge in [-0.25, -0.2) is 4.79 Å². The van der Waals surface area contributed by atoms with Crippen molar-refractivity contribution < 1.29 is 27.1 Å². The van der Waals surface area contributed by atoms with Crippen LogP contribution in [0.5, 0.6) is 11.5 Å². The molecule has 4 aromatic carbocycles. The van der Waals surface area contributed by atoms with Crippen molar-refractivity contribution in [3.05, 3.63) is 106 Å². The lowest BCUT2D eigenvalue weighted by Gasteiger charge is -2.12. The summed E-state index contributed by atoms with van der Waals surface area (Å²) in [6.07, 6.45) is 0. The first-order chi connectivity index (χ1) is 15.7. The van der Waals surface area contributed by atoms with Gasteiger partial charge in [0, 0.05) is 12.1 Å². The molecule has 0 aliphatic heterocycles. The quantitative estimate of drug-likeness (QED) is 0.129. The molecule has 166 valence electrons. The summed E-state index contributed by atoms with van der Waals surface area (Å²) in [6, 6.07) is 21.8. The first kappa shape index (κ1) is 22.0. The standard InChI is InChI=1S/C24H17NO7S/c1-16-10-12-19(25(27)28)15-23(16)33(29,30)32-22-9-5-4-8-21(22)24(26)31-20-13-11-17-6-2-3-7-18(17)14-20/h2-15H,1H3. The van der Waals surface area contributed by atoms with E-state index in [1.54, 1.807) is 18.2 Å². The number of ether oxygens (including phenoxy) is 1. The van der Waals surface area contributed by atoms with Crippen LogP contribution < -0.4 is 8.92 Å². The average Bonchev–Trinajstić information content (AvgIpc) is 2.79. The summed E-state index contributed by atoms with van der Waals surface area (Å²) in [5.41, 5.74) is -0.249. The minimum atomic E-state index is -4.47. The fourth-order valence-corrected chi connectivity index (χ4v) is 4.43. The number of nitrogens with zero attached hydrogens (tertiary/aromatic N) is 1. The molecular formula is C24H17NO7S. The molecule has 0 aliphatic rings. The number of fused-ring (bicyclic) bond motifs is 1. The highest BCUT2D eigenvalue weighted by Crippen LogP contribution is 2.28. The second kappa shape index (κ2) is 8.71. The van der Waals surface area contributed by atoms with Crippen LogP contribution in [-0.2, 0) is 10.1 Å². The van der Waals surface area contributed by atoms with Crippen molar-refractivity contribution in [1.29, 1.82) is 0 Å². The predicted molar refractivity (Wildman–Crippen MR) is 121 cm³/mol. The second-order valence-electron chi connectivity index (χ2n) is 7.14. The molecule has 0 fully saturated rings. The van der Waals surface area contributed by atoms with Crippen molar-refractivity contribution in [2.45, 2.75) is 11.8 Å². The Morgan fingerprint density at radius 2 is 1.58 bits per heavy atom. The molecule has 0 aromatic heterocycles. The molecule has 0 saturated heterocycles. The van der Waals surface area contributed by atoms with Crippen LogP contribution in [0, 0.1) is 17.0 Å². The van der Waals surface area contributed by atoms with E-state index >= 15 is 0 Å². The summed E-state index contributed by atoms with van der Waals surface area (Å²) in [5, 5.41) is 12.9. The van der Waals surface area contributed by atoms with Crippen molar-refractivity contribution in [2.24, 2.45) is 0 Å². The van der Waals surface area contributed by atoms with Crippen LogP contribution in [0.3, 0.4) is 0 Å². The van der Waals surface area contributed by atoms with Gasteiger partial charge in [0.1, 0.15) is 16.2 Å². The molecule has 0 N–H and O–H groups in total. The SMILES string of the molecule is Cc1ccc([N+](=O)[O-])cc1S(=O)(=O)Oc1ccccc1C(=O)Oc1ccc2ccccc2c1. The zero-order valence-electron chi connectivity index (χ0n) is 17.3. The van der Waals surface area contributed by atoms with Crippen molar-refractivity contribution in [3.8, 4) is 11.5 Å². The Bertz CT molecular complexity index is 1500. The molecular weight excluding hydrogens is 446 g/mol. The zero-order valence-corrected chi connectivity index (χ0v) is 18.1. The lowest BCUT2D eigenvalue weighted by Crippen LogP contribution is -2.16.